The highest BCUT2D eigenvalue weighted by atomic mass is 19.4. The topological polar surface area (TPSA) is 78.3 Å². The molecule has 0 saturated carbocycles. The maximum Gasteiger partial charge on any atom is 0.573 e. The standard InChI is InChI=1S/C28H21F3N4O3/c29-28(30,31)38-23-9-6-19(7-10-23)17-37-24-5-1-4-22(14-24)35-18-34-25-13-21(8-11-26(25)35)27(36)33-16-20-3-2-12-32-15-20/h1-15,18H,16-17H2,(H,33,36). The molecule has 7 nitrogen and oxygen atoms in total. The molecule has 1 amide bonds. The minimum Gasteiger partial charge on any atom is -0.489 e. The Labute approximate surface area is 215 Å². The fourth-order valence-corrected chi connectivity index (χ4v) is 3.82. The van der Waals surface area contributed by atoms with Crippen LogP contribution in [0.15, 0.2) is 97.6 Å². The molecular weight excluding hydrogens is 497 g/mol. The number of carbonyl (C=O) groups is 1. The van der Waals surface area contributed by atoms with Crippen molar-refractivity contribution in [3.63, 3.8) is 0 Å². The molecule has 38 heavy (non-hydrogen) atoms. The van der Waals surface area contributed by atoms with E-state index in [4.69, 9.17) is 4.74 Å². The van der Waals surface area contributed by atoms with Gasteiger partial charge in [-0.05, 0) is 59.7 Å². The predicted molar refractivity (Wildman–Crippen MR) is 134 cm³/mol. The zero-order chi connectivity index (χ0) is 26.5. The maximum atomic E-state index is 12.6. The Morgan fingerprint density at radius 1 is 0.921 bits per heavy atom. The second-order valence-electron chi connectivity index (χ2n) is 8.34. The van der Waals surface area contributed by atoms with Gasteiger partial charge in [-0.3, -0.25) is 14.3 Å². The largest absolute Gasteiger partial charge is 0.573 e. The first kappa shape index (κ1) is 24.8. The summed E-state index contributed by atoms with van der Waals surface area (Å²) in [5.41, 5.74) is 4.36. The van der Waals surface area contributed by atoms with Gasteiger partial charge in [0.1, 0.15) is 24.4 Å². The monoisotopic (exact) mass is 518 g/mol. The number of carbonyl (C=O) groups excluding carboxylic acids is 1. The molecule has 0 atom stereocenters. The third-order valence-corrected chi connectivity index (χ3v) is 5.64. The van der Waals surface area contributed by atoms with Gasteiger partial charge in [0.05, 0.1) is 16.7 Å². The van der Waals surface area contributed by atoms with Gasteiger partial charge in [-0.25, -0.2) is 4.98 Å². The molecule has 10 heteroatoms. The summed E-state index contributed by atoms with van der Waals surface area (Å²) in [5.74, 6) is 0.0782. The number of imidazole rings is 1. The molecule has 0 aliphatic rings. The van der Waals surface area contributed by atoms with E-state index in [1.807, 2.05) is 41.0 Å². The Bertz CT molecular complexity index is 1550. The van der Waals surface area contributed by atoms with Crippen LogP contribution in [0.3, 0.4) is 0 Å². The van der Waals surface area contributed by atoms with Crippen molar-refractivity contribution in [1.29, 1.82) is 0 Å². The number of hydrogen-bond donors (Lipinski definition) is 1. The summed E-state index contributed by atoms with van der Waals surface area (Å²) in [5, 5.41) is 2.88. The van der Waals surface area contributed by atoms with E-state index in [1.54, 1.807) is 36.9 Å². The second-order valence-corrected chi connectivity index (χ2v) is 8.34. The zero-order valence-electron chi connectivity index (χ0n) is 19.9. The number of nitrogens with zero attached hydrogens (tertiary/aromatic N) is 3. The van der Waals surface area contributed by atoms with Crippen molar-refractivity contribution in [1.82, 2.24) is 19.9 Å². The molecule has 0 aliphatic heterocycles. The molecule has 5 aromatic rings. The number of amides is 1. The fraction of sp³-hybridized carbons (Fsp3) is 0.107. The van der Waals surface area contributed by atoms with E-state index >= 15 is 0 Å². The summed E-state index contributed by atoms with van der Waals surface area (Å²) in [6.07, 6.45) is 0.313. The van der Waals surface area contributed by atoms with Crippen LogP contribution < -0.4 is 14.8 Å². The number of pyridine rings is 1. The summed E-state index contributed by atoms with van der Waals surface area (Å²) in [7, 11) is 0. The number of benzene rings is 3. The molecule has 2 heterocycles. The normalized spacial score (nSPS) is 11.3. The Kier molecular flexibility index (Phi) is 6.94. The van der Waals surface area contributed by atoms with Gasteiger partial charge in [0.25, 0.3) is 5.91 Å². The van der Waals surface area contributed by atoms with Crippen molar-refractivity contribution in [2.75, 3.05) is 0 Å². The predicted octanol–water partition coefficient (Wildman–Crippen LogP) is 5.83. The first-order valence-electron chi connectivity index (χ1n) is 11.6. The highest BCUT2D eigenvalue weighted by Gasteiger charge is 2.30. The van der Waals surface area contributed by atoms with E-state index in [9.17, 15) is 18.0 Å². The molecule has 5 rings (SSSR count). The Morgan fingerprint density at radius 2 is 1.76 bits per heavy atom. The van der Waals surface area contributed by atoms with Gasteiger partial charge in [0, 0.05) is 30.6 Å². The molecule has 192 valence electrons. The van der Waals surface area contributed by atoms with Crippen LogP contribution in [0.25, 0.3) is 16.7 Å². The van der Waals surface area contributed by atoms with E-state index in [0.717, 1.165) is 16.8 Å². The van der Waals surface area contributed by atoms with E-state index in [1.165, 1.54) is 24.3 Å². The number of alkyl halides is 3. The van der Waals surface area contributed by atoms with Gasteiger partial charge in [0.15, 0.2) is 0 Å². The fourth-order valence-electron chi connectivity index (χ4n) is 3.82. The van der Waals surface area contributed by atoms with Crippen LogP contribution in [0.2, 0.25) is 0 Å². The third-order valence-electron chi connectivity index (χ3n) is 5.64. The molecule has 0 radical (unpaired) electrons. The van der Waals surface area contributed by atoms with Gasteiger partial charge in [-0.1, -0.05) is 24.3 Å². The Balaban J connectivity index is 1.25. The third kappa shape index (κ3) is 6.09. The van der Waals surface area contributed by atoms with E-state index in [-0.39, 0.29) is 18.3 Å². The summed E-state index contributed by atoms with van der Waals surface area (Å²) in [6.45, 7) is 0.537. The lowest BCUT2D eigenvalue weighted by Crippen LogP contribution is -2.22. The first-order chi connectivity index (χ1) is 18.3. The molecule has 0 bridgehead atoms. The summed E-state index contributed by atoms with van der Waals surface area (Å²) in [6, 6.07) is 21.9. The molecule has 1 N–H and O–H groups in total. The van der Waals surface area contributed by atoms with Crippen LogP contribution in [0.4, 0.5) is 13.2 Å². The first-order valence-corrected chi connectivity index (χ1v) is 11.6. The molecule has 0 aliphatic carbocycles. The van der Waals surface area contributed by atoms with Gasteiger partial charge in [-0.2, -0.15) is 0 Å². The van der Waals surface area contributed by atoms with Crippen LogP contribution in [-0.2, 0) is 13.2 Å². The van der Waals surface area contributed by atoms with Crippen LogP contribution in [-0.4, -0.2) is 26.8 Å². The van der Waals surface area contributed by atoms with E-state index in [2.05, 4.69) is 20.0 Å². The lowest BCUT2D eigenvalue weighted by molar-refractivity contribution is -0.274. The number of aromatic nitrogens is 3. The van der Waals surface area contributed by atoms with E-state index < -0.39 is 6.36 Å². The molecule has 0 fully saturated rings. The van der Waals surface area contributed by atoms with Crippen molar-refractivity contribution in [3.8, 4) is 17.2 Å². The zero-order valence-corrected chi connectivity index (χ0v) is 19.9. The molecule has 0 unspecified atom stereocenters. The Hall–Kier alpha value is -4.86. The van der Waals surface area contributed by atoms with Gasteiger partial charge < -0.3 is 14.8 Å². The highest BCUT2D eigenvalue weighted by Crippen LogP contribution is 2.25. The molecule has 0 saturated heterocycles. The van der Waals surface area contributed by atoms with Crippen molar-refractivity contribution in [2.45, 2.75) is 19.5 Å². The molecular formula is C28H21F3N4O3. The van der Waals surface area contributed by atoms with Gasteiger partial charge >= 0.3 is 6.36 Å². The quantitative estimate of drug-likeness (QED) is 0.280. The minimum atomic E-state index is -4.73. The lowest BCUT2D eigenvalue weighted by Gasteiger charge is -2.11. The SMILES string of the molecule is O=C(NCc1cccnc1)c1ccc2c(c1)ncn2-c1cccc(OCc2ccc(OC(F)(F)F)cc2)c1. The van der Waals surface area contributed by atoms with Crippen molar-refractivity contribution in [2.24, 2.45) is 0 Å². The van der Waals surface area contributed by atoms with Crippen LogP contribution in [0.5, 0.6) is 11.5 Å². The van der Waals surface area contributed by atoms with Crippen LogP contribution in [0, 0.1) is 0 Å². The average molecular weight is 518 g/mol. The minimum absolute atomic E-state index is 0.165. The maximum absolute atomic E-state index is 12.6. The molecule has 3 aromatic carbocycles. The second kappa shape index (κ2) is 10.6. The van der Waals surface area contributed by atoms with E-state index in [0.29, 0.717) is 28.9 Å². The number of ether oxygens (including phenoxy) is 2. The number of halogens is 3. The highest BCUT2D eigenvalue weighted by molar-refractivity contribution is 5.97. The number of hydrogen-bond acceptors (Lipinski definition) is 5. The Morgan fingerprint density at radius 3 is 2.53 bits per heavy atom. The summed E-state index contributed by atoms with van der Waals surface area (Å²) in [4.78, 5) is 21.1. The molecule has 0 spiro atoms. The summed E-state index contributed by atoms with van der Waals surface area (Å²) >= 11 is 0. The van der Waals surface area contributed by atoms with Crippen LogP contribution in [0.1, 0.15) is 21.5 Å². The van der Waals surface area contributed by atoms with Crippen molar-refractivity contribution < 1.29 is 27.4 Å². The number of nitrogens with one attached hydrogen (secondary N) is 1. The summed E-state index contributed by atoms with van der Waals surface area (Å²) < 4.78 is 48.6. The average Bonchev–Trinajstić information content (AvgIpc) is 3.35. The number of rotatable bonds is 8. The van der Waals surface area contributed by atoms with Gasteiger partial charge in [-0.15, -0.1) is 13.2 Å². The van der Waals surface area contributed by atoms with Crippen molar-refractivity contribution >= 4 is 16.9 Å². The smallest absolute Gasteiger partial charge is 0.489 e. The molecule has 2 aromatic heterocycles. The van der Waals surface area contributed by atoms with Crippen LogP contribution >= 0.6 is 0 Å². The number of fused-ring (bicyclic) bond motifs is 1. The van der Waals surface area contributed by atoms with Gasteiger partial charge in [0.2, 0.25) is 0 Å². The lowest BCUT2D eigenvalue weighted by atomic mass is 10.1. The van der Waals surface area contributed by atoms with Crippen molar-refractivity contribution in [3.05, 3.63) is 114 Å².